The van der Waals surface area contributed by atoms with Crippen molar-refractivity contribution >= 4 is 5.91 Å². The zero-order valence-electron chi connectivity index (χ0n) is 15.5. The third kappa shape index (κ3) is 6.33. The highest BCUT2D eigenvalue weighted by molar-refractivity contribution is 5.94. The molecule has 0 aliphatic rings. The van der Waals surface area contributed by atoms with Crippen molar-refractivity contribution in [3.8, 4) is 0 Å². The van der Waals surface area contributed by atoms with Gasteiger partial charge in [0.05, 0.1) is 18.8 Å². The third-order valence-electron chi connectivity index (χ3n) is 3.85. The van der Waals surface area contributed by atoms with E-state index in [9.17, 15) is 4.79 Å². The Morgan fingerprint density at radius 2 is 1.68 bits per heavy atom. The van der Waals surface area contributed by atoms with Crippen molar-refractivity contribution in [3.05, 3.63) is 71.3 Å². The van der Waals surface area contributed by atoms with Crippen LogP contribution in [-0.2, 0) is 11.3 Å². The molecule has 0 fully saturated rings. The molecule has 0 spiro atoms. The summed E-state index contributed by atoms with van der Waals surface area (Å²) in [5.74, 6) is -0.0629. The number of hydrogen-bond acceptors (Lipinski definition) is 3. The molecule has 0 aliphatic carbocycles. The molecular weight excluding hydrogens is 312 g/mol. The minimum atomic E-state index is -0.0629. The number of benzene rings is 2. The quantitative estimate of drug-likeness (QED) is 0.798. The molecule has 0 heterocycles. The fraction of sp³-hybridized carbons (Fsp3) is 0.381. The molecule has 0 radical (unpaired) electrons. The standard InChI is InChI=1S/C21H28N2O2/c1-16(2)25-15-17-10-12-19(13-11-17)21(24)22-20(14-23(3)4)18-8-6-5-7-9-18/h5-13,16,20H,14-15H2,1-4H3,(H,22,24)/t20-/m1/s1. The summed E-state index contributed by atoms with van der Waals surface area (Å²) in [6.45, 7) is 5.33. The highest BCUT2D eigenvalue weighted by atomic mass is 16.5. The zero-order valence-corrected chi connectivity index (χ0v) is 15.5. The van der Waals surface area contributed by atoms with Gasteiger partial charge in [-0.3, -0.25) is 4.79 Å². The Hall–Kier alpha value is -2.17. The molecule has 0 saturated carbocycles. The summed E-state index contributed by atoms with van der Waals surface area (Å²) in [5, 5.41) is 3.14. The van der Waals surface area contributed by atoms with Gasteiger partial charge in [0.1, 0.15) is 0 Å². The van der Waals surface area contributed by atoms with E-state index in [1.165, 1.54) is 0 Å². The molecular formula is C21H28N2O2. The number of likely N-dealkylation sites (N-methyl/N-ethyl adjacent to an activating group) is 1. The van der Waals surface area contributed by atoms with Crippen LogP contribution in [0.4, 0.5) is 0 Å². The Morgan fingerprint density at radius 3 is 2.24 bits per heavy atom. The predicted octanol–water partition coefficient (Wildman–Crippen LogP) is 3.64. The number of hydrogen-bond donors (Lipinski definition) is 1. The van der Waals surface area contributed by atoms with Gasteiger partial charge in [0.25, 0.3) is 5.91 Å². The fourth-order valence-electron chi connectivity index (χ4n) is 2.54. The summed E-state index contributed by atoms with van der Waals surface area (Å²) >= 11 is 0. The molecule has 1 N–H and O–H groups in total. The second-order valence-electron chi connectivity index (χ2n) is 6.76. The molecule has 1 amide bonds. The molecule has 0 bridgehead atoms. The monoisotopic (exact) mass is 340 g/mol. The maximum Gasteiger partial charge on any atom is 0.251 e. The number of nitrogens with zero attached hydrogens (tertiary/aromatic N) is 1. The lowest BCUT2D eigenvalue weighted by atomic mass is 10.1. The van der Waals surface area contributed by atoms with Crippen LogP contribution < -0.4 is 5.32 Å². The van der Waals surface area contributed by atoms with Crippen LogP contribution in [0.1, 0.15) is 41.4 Å². The van der Waals surface area contributed by atoms with E-state index in [1.54, 1.807) is 0 Å². The van der Waals surface area contributed by atoms with Crippen LogP contribution in [-0.4, -0.2) is 37.6 Å². The van der Waals surface area contributed by atoms with Gasteiger partial charge in [-0.05, 0) is 51.2 Å². The van der Waals surface area contributed by atoms with E-state index in [4.69, 9.17) is 4.74 Å². The highest BCUT2D eigenvalue weighted by Crippen LogP contribution is 2.15. The fourth-order valence-corrected chi connectivity index (χ4v) is 2.54. The first kappa shape index (κ1) is 19.2. The van der Waals surface area contributed by atoms with Crippen LogP contribution in [0.25, 0.3) is 0 Å². The summed E-state index contributed by atoms with van der Waals surface area (Å²) in [6.07, 6.45) is 0.195. The molecule has 0 unspecified atom stereocenters. The van der Waals surface area contributed by atoms with Crippen LogP contribution in [0.15, 0.2) is 54.6 Å². The molecule has 2 aromatic rings. The van der Waals surface area contributed by atoms with Crippen LogP contribution in [0.5, 0.6) is 0 Å². The first-order valence-electron chi connectivity index (χ1n) is 8.67. The highest BCUT2D eigenvalue weighted by Gasteiger charge is 2.16. The lowest BCUT2D eigenvalue weighted by molar-refractivity contribution is 0.0656. The SMILES string of the molecule is CC(C)OCc1ccc(C(=O)N[C@H](CN(C)C)c2ccccc2)cc1. The smallest absolute Gasteiger partial charge is 0.251 e. The summed E-state index contributed by atoms with van der Waals surface area (Å²) in [7, 11) is 4.01. The van der Waals surface area contributed by atoms with Crippen molar-refractivity contribution in [1.82, 2.24) is 10.2 Å². The molecule has 0 aromatic heterocycles. The number of rotatable bonds is 8. The van der Waals surface area contributed by atoms with E-state index in [0.717, 1.165) is 17.7 Å². The van der Waals surface area contributed by atoms with E-state index in [1.807, 2.05) is 82.5 Å². The van der Waals surface area contributed by atoms with Gasteiger partial charge in [-0.25, -0.2) is 0 Å². The van der Waals surface area contributed by atoms with Crippen molar-refractivity contribution in [2.24, 2.45) is 0 Å². The van der Waals surface area contributed by atoms with E-state index < -0.39 is 0 Å². The Kier molecular flexibility index (Phi) is 7.16. The molecule has 4 heteroatoms. The first-order chi connectivity index (χ1) is 12.0. The molecule has 0 aliphatic heterocycles. The van der Waals surface area contributed by atoms with Crippen molar-refractivity contribution in [3.63, 3.8) is 0 Å². The van der Waals surface area contributed by atoms with Crippen molar-refractivity contribution < 1.29 is 9.53 Å². The minimum absolute atomic E-state index is 0.0485. The van der Waals surface area contributed by atoms with E-state index in [-0.39, 0.29) is 18.1 Å². The molecule has 4 nitrogen and oxygen atoms in total. The van der Waals surface area contributed by atoms with E-state index in [0.29, 0.717) is 12.2 Å². The molecule has 2 aromatic carbocycles. The Balaban J connectivity index is 2.05. The topological polar surface area (TPSA) is 41.6 Å². The zero-order chi connectivity index (χ0) is 18.2. The Morgan fingerprint density at radius 1 is 1.04 bits per heavy atom. The molecule has 2 rings (SSSR count). The molecule has 134 valence electrons. The lowest BCUT2D eigenvalue weighted by Gasteiger charge is -2.23. The summed E-state index contributed by atoms with van der Waals surface area (Å²) in [6, 6.07) is 17.6. The van der Waals surface area contributed by atoms with Crippen LogP contribution in [0, 0.1) is 0 Å². The maximum absolute atomic E-state index is 12.6. The average molecular weight is 340 g/mol. The number of nitrogens with one attached hydrogen (secondary N) is 1. The summed E-state index contributed by atoms with van der Waals surface area (Å²) < 4.78 is 5.59. The van der Waals surface area contributed by atoms with Gasteiger partial charge in [-0.2, -0.15) is 0 Å². The third-order valence-corrected chi connectivity index (χ3v) is 3.85. The van der Waals surface area contributed by atoms with Crippen LogP contribution in [0.3, 0.4) is 0 Å². The van der Waals surface area contributed by atoms with Gasteiger partial charge >= 0.3 is 0 Å². The van der Waals surface area contributed by atoms with Crippen LogP contribution >= 0.6 is 0 Å². The van der Waals surface area contributed by atoms with E-state index in [2.05, 4.69) is 10.2 Å². The number of amides is 1. The van der Waals surface area contributed by atoms with E-state index >= 15 is 0 Å². The predicted molar refractivity (Wildman–Crippen MR) is 102 cm³/mol. The number of carbonyl (C=O) groups excluding carboxylic acids is 1. The molecule has 25 heavy (non-hydrogen) atoms. The van der Waals surface area contributed by atoms with Gasteiger partial charge < -0.3 is 15.0 Å². The molecule has 0 saturated heterocycles. The first-order valence-corrected chi connectivity index (χ1v) is 8.67. The second-order valence-corrected chi connectivity index (χ2v) is 6.76. The normalized spacial score (nSPS) is 12.4. The van der Waals surface area contributed by atoms with Crippen molar-refractivity contribution in [2.45, 2.75) is 32.6 Å². The lowest BCUT2D eigenvalue weighted by Crippen LogP contribution is -2.35. The van der Waals surface area contributed by atoms with Crippen molar-refractivity contribution in [1.29, 1.82) is 0 Å². The number of ether oxygens (including phenoxy) is 1. The maximum atomic E-state index is 12.6. The molecule has 1 atom stereocenters. The largest absolute Gasteiger partial charge is 0.374 e. The average Bonchev–Trinajstić information content (AvgIpc) is 2.60. The van der Waals surface area contributed by atoms with Gasteiger partial charge in [0.15, 0.2) is 0 Å². The van der Waals surface area contributed by atoms with Crippen LogP contribution in [0.2, 0.25) is 0 Å². The van der Waals surface area contributed by atoms with Gasteiger partial charge in [0.2, 0.25) is 0 Å². The second kappa shape index (κ2) is 9.35. The summed E-state index contributed by atoms with van der Waals surface area (Å²) in [4.78, 5) is 14.7. The Labute approximate surface area is 150 Å². The van der Waals surface area contributed by atoms with Gasteiger partial charge in [0, 0.05) is 12.1 Å². The Bertz CT molecular complexity index is 651. The number of carbonyl (C=O) groups is 1. The van der Waals surface area contributed by atoms with Gasteiger partial charge in [-0.15, -0.1) is 0 Å². The van der Waals surface area contributed by atoms with Gasteiger partial charge in [-0.1, -0.05) is 42.5 Å². The van der Waals surface area contributed by atoms with Crippen molar-refractivity contribution in [2.75, 3.05) is 20.6 Å². The summed E-state index contributed by atoms with van der Waals surface area (Å²) in [5.41, 5.74) is 2.83. The minimum Gasteiger partial charge on any atom is -0.374 e.